The van der Waals surface area contributed by atoms with E-state index < -0.39 is 0 Å². The van der Waals surface area contributed by atoms with E-state index in [2.05, 4.69) is 35.4 Å². The Morgan fingerprint density at radius 3 is 2.92 bits per heavy atom. The van der Waals surface area contributed by atoms with E-state index in [0.29, 0.717) is 12.5 Å². The van der Waals surface area contributed by atoms with Crippen LogP contribution in [-0.4, -0.2) is 24.1 Å². The first-order chi connectivity index (χ1) is 11.7. The lowest BCUT2D eigenvalue weighted by atomic mass is 10.0. The molecule has 2 heterocycles. The summed E-state index contributed by atoms with van der Waals surface area (Å²) in [4.78, 5) is 17.7. The van der Waals surface area contributed by atoms with Crippen LogP contribution in [0.25, 0.3) is 10.9 Å². The molecule has 2 N–H and O–H groups in total. The van der Waals surface area contributed by atoms with Gasteiger partial charge in [-0.1, -0.05) is 43.3 Å². The number of carbonyl (C=O) groups is 1. The van der Waals surface area contributed by atoms with Gasteiger partial charge in [0, 0.05) is 41.8 Å². The minimum atomic E-state index is -0.00774. The summed E-state index contributed by atoms with van der Waals surface area (Å²) in [5.74, 6) is 0.389. The minimum absolute atomic E-state index is 0.00774. The molecule has 4 rings (SSSR count). The molecule has 1 aliphatic heterocycles. The van der Waals surface area contributed by atoms with Crippen molar-refractivity contribution in [2.75, 3.05) is 18.0 Å². The summed E-state index contributed by atoms with van der Waals surface area (Å²) in [6.07, 6.45) is 2.85. The van der Waals surface area contributed by atoms with Crippen molar-refractivity contribution in [3.05, 3.63) is 65.9 Å². The number of amides is 2. The van der Waals surface area contributed by atoms with Crippen molar-refractivity contribution in [2.24, 2.45) is 0 Å². The van der Waals surface area contributed by atoms with Crippen molar-refractivity contribution < 1.29 is 4.79 Å². The van der Waals surface area contributed by atoms with Gasteiger partial charge in [-0.3, -0.25) is 4.90 Å². The zero-order chi connectivity index (χ0) is 16.5. The number of para-hydroxylation sites is 2. The zero-order valence-corrected chi connectivity index (χ0v) is 13.8. The molecule has 122 valence electrons. The summed E-state index contributed by atoms with van der Waals surface area (Å²) in [7, 11) is 0. The number of rotatable bonds is 3. The Bertz CT molecular complexity index is 883. The van der Waals surface area contributed by atoms with E-state index >= 15 is 0 Å². The van der Waals surface area contributed by atoms with Gasteiger partial charge in [0.15, 0.2) is 0 Å². The second-order valence-electron chi connectivity index (χ2n) is 6.41. The average Bonchev–Trinajstić information content (AvgIpc) is 3.17. The molecule has 0 saturated carbocycles. The zero-order valence-electron chi connectivity index (χ0n) is 13.8. The number of aromatic nitrogens is 1. The molecule has 1 unspecified atom stereocenters. The van der Waals surface area contributed by atoms with E-state index in [1.807, 2.05) is 41.4 Å². The molecule has 1 aliphatic rings. The molecule has 24 heavy (non-hydrogen) atoms. The van der Waals surface area contributed by atoms with E-state index in [1.165, 1.54) is 16.5 Å². The first kappa shape index (κ1) is 14.8. The standard InChI is InChI=1S/C20H21N3O/c1-14-13-23(19-9-5-3-6-16(14)19)20(24)21-11-10-15-12-22-18-8-4-2-7-17(15)18/h2-9,12,14,22H,10-11,13H2,1H3,(H,21,24). The topological polar surface area (TPSA) is 48.1 Å². The Balaban J connectivity index is 1.41. The third kappa shape index (κ3) is 2.54. The van der Waals surface area contributed by atoms with E-state index in [9.17, 15) is 4.79 Å². The molecule has 0 fully saturated rings. The fourth-order valence-electron chi connectivity index (χ4n) is 3.55. The molecule has 0 aliphatic carbocycles. The molecule has 2 aromatic carbocycles. The number of H-pyrrole nitrogens is 1. The van der Waals surface area contributed by atoms with Crippen LogP contribution < -0.4 is 10.2 Å². The maximum atomic E-state index is 12.6. The number of fused-ring (bicyclic) bond motifs is 2. The normalized spacial score (nSPS) is 16.4. The smallest absolute Gasteiger partial charge is 0.321 e. The van der Waals surface area contributed by atoms with Gasteiger partial charge in [-0.2, -0.15) is 0 Å². The Labute approximate surface area is 141 Å². The van der Waals surface area contributed by atoms with Gasteiger partial charge in [-0.15, -0.1) is 0 Å². The molecule has 3 aromatic rings. The largest absolute Gasteiger partial charge is 0.361 e. The molecular weight excluding hydrogens is 298 g/mol. The van der Waals surface area contributed by atoms with Crippen LogP contribution in [0.1, 0.15) is 24.0 Å². The van der Waals surface area contributed by atoms with Crippen LogP contribution in [0.3, 0.4) is 0 Å². The molecule has 0 saturated heterocycles. The van der Waals surface area contributed by atoms with Gasteiger partial charge < -0.3 is 10.3 Å². The molecule has 1 aromatic heterocycles. The van der Waals surface area contributed by atoms with Crippen molar-refractivity contribution in [1.29, 1.82) is 0 Å². The van der Waals surface area contributed by atoms with Crippen LogP contribution in [0.5, 0.6) is 0 Å². The molecular formula is C20H21N3O. The van der Waals surface area contributed by atoms with Gasteiger partial charge in [-0.05, 0) is 29.7 Å². The first-order valence-corrected chi connectivity index (χ1v) is 8.43. The third-order valence-corrected chi connectivity index (χ3v) is 4.81. The highest BCUT2D eigenvalue weighted by Crippen LogP contribution is 2.35. The SMILES string of the molecule is CC1CN(C(=O)NCCc2c[nH]c3ccccc23)c2ccccc21. The number of benzene rings is 2. The van der Waals surface area contributed by atoms with Gasteiger partial charge in [0.1, 0.15) is 0 Å². The number of nitrogens with zero attached hydrogens (tertiary/aromatic N) is 1. The van der Waals surface area contributed by atoms with Crippen molar-refractivity contribution in [3.8, 4) is 0 Å². The van der Waals surface area contributed by atoms with Crippen LogP contribution in [0.2, 0.25) is 0 Å². The minimum Gasteiger partial charge on any atom is -0.361 e. The molecule has 4 heteroatoms. The highest BCUT2D eigenvalue weighted by atomic mass is 16.2. The lowest BCUT2D eigenvalue weighted by Gasteiger charge is -2.18. The van der Waals surface area contributed by atoms with Gasteiger partial charge >= 0.3 is 6.03 Å². The number of hydrogen-bond acceptors (Lipinski definition) is 1. The second kappa shape index (κ2) is 6.04. The van der Waals surface area contributed by atoms with Gasteiger partial charge in [0.2, 0.25) is 0 Å². The van der Waals surface area contributed by atoms with E-state index in [1.54, 1.807) is 0 Å². The van der Waals surface area contributed by atoms with Crippen LogP contribution in [-0.2, 0) is 6.42 Å². The molecule has 2 amide bonds. The van der Waals surface area contributed by atoms with Crippen LogP contribution in [0.15, 0.2) is 54.7 Å². The van der Waals surface area contributed by atoms with Gasteiger partial charge in [-0.25, -0.2) is 4.79 Å². The number of nitrogens with one attached hydrogen (secondary N) is 2. The Hall–Kier alpha value is -2.75. The van der Waals surface area contributed by atoms with Gasteiger partial charge in [0.05, 0.1) is 0 Å². The lowest BCUT2D eigenvalue weighted by molar-refractivity contribution is 0.246. The van der Waals surface area contributed by atoms with Crippen molar-refractivity contribution in [3.63, 3.8) is 0 Å². The van der Waals surface area contributed by atoms with Crippen molar-refractivity contribution in [2.45, 2.75) is 19.3 Å². The average molecular weight is 319 g/mol. The van der Waals surface area contributed by atoms with Crippen LogP contribution in [0, 0.1) is 0 Å². The highest BCUT2D eigenvalue weighted by molar-refractivity contribution is 5.94. The predicted octanol–water partition coefficient (Wildman–Crippen LogP) is 4.04. The summed E-state index contributed by atoms with van der Waals surface area (Å²) in [6.45, 7) is 3.55. The Morgan fingerprint density at radius 2 is 2.00 bits per heavy atom. The number of hydrogen-bond donors (Lipinski definition) is 2. The fraction of sp³-hybridized carbons (Fsp3) is 0.250. The van der Waals surface area contributed by atoms with E-state index in [4.69, 9.17) is 0 Å². The Morgan fingerprint density at radius 1 is 1.21 bits per heavy atom. The van der Waals surface area contributed by atoms with Crippen LogP contribution >= 0.6 is 0 Å². The highest BCUT2D eigenvalue weighted by Gasteiger charge is 2.29. The summed E-state index contributed by atoms with van der Waals surface area (Å²) in [6, 6.07) is 16.4. The second-order valence-corrected chi connectivity index (χ2v) is 6.41. The number of anilines is 1. The summed E-state index contributed by atoms with van der Waals surface area (Å²) in [5.41, 5.74) is 4.67. The van der Waals surface area contributed by atoms with E-state index in [-0.39, 0.29) is 6.03 Å². The summed E-state index contributed by atoms with van der Waals surface area (Å²) < 4.78 is 0. The molecule has 4 nitrogen and oxygen atoms in total. The lowest BCUT2D eigenvalue weighted by Crippen LogP contribution is -2.40. The molecule has 0 radical (unpaired) electrons. The van der Waals surface area contributed by atoms with E-state index in [0.717, 1.165) is 24.2 Å². The van der Waals surface area contributed by atoms with Crippen molar-refractivity contribution >= 4 is 22.6 Å². The quantitative estimate of drug-likeness (QED) is 0.752. The predicted molar refractivity (Wildman–Crippen MR) is 97.6 cm³/mol. The summed E-state index contributed by atoms with van der Waals surface area (Å²) >= 11 is 0. The maximum absolute atomic E-state index is 12.6. The van der Waals surface area contributed by atoms with Gasteiger partial charge in [0.25, 0.3) is 0 Å². The van der Waals surface area contributed by atoms with Crippen molar-refractivity contribution in [1.82, 2.24) is 10.3 Å². The fourth-order valence-corrected chi connectivity index (χ4v) is 3.55. The summed E-state index contributed by atoms with van der Waals surface area (Å²) in [5, 5.41) is 4.29. The first-order valence-electron chi connectivity index (χ1n) is 8.43. The number of urea groups is 1. The maximum Gasteiger partial charge on any atom is 0.321 e. The monoisotopic (exact) mass is 319 g/mol. The van der Waals surface area contributed by atoms with Crippen LogP contribution in [0.4, 0.5) is 10.5 Å². The Kier molecular flexibility index (Phi) is 3.73. The number of carbonyl (C=O) groups excluding carboxylic acids is 1. The molecule has 0 bridgehead atoms. The molecule has 1 atom stereocenters. The molecule has 0 spiro atoms. The third-order valence-electron chi connectivity index (χ3n) is 4.81. The number of aromatic amines is 1.